The fourth-order valence-corrected chi connectivity index (χ4v) is 2.87. The lowest BCUT2D eigenvalue weighted by molar-refractivity contribution is 0.672. The highest BCUT2D eigenvalue weighted by Crippen LogP contribution is 2.39. The van der Waals surface area contributed by atoms with Crippen molar-refractivity contribution in [2.75, 3.05) is 0 Å². The zero-order valence-corrected chi connectivity index (χ0v) is 13.6. The van der Waals surface area contributed by atoms with Crippen LogP contribution in [0.4, 0.5) is 3.89 Å². The molecule has 0 saturated heterocycles. The van der Waals surface area contributed by atoms with Crippen LogP contribution in [0.15, 0.2) is 73.0 Å². The third-order valence-electron chi connectivity index (χ3n) is 3.61. The van der Waals surface area contributed by atoms with Gasteiger partial charge in [0.2, 0.25) is 0 Å². The Balaban J connectivity index is 2.59. The van der Waals surface area contributed by atoms with Gasteiger partial charge in [0.15, 0.2) is 0 Å². The maximum absolute atomic E-state index is 12.9. The summed E-state index contributed by atoms with van der Waals surface area (Å²) in [5, 5.41) is 0. The molecule has 114 valence electrons. The maximum Gasteiger partial charge on any atom is 0.0812 e. The summed E-state index contributed by atoms with van der Waals surface area (Å²) in [5.74, 6) is 0. The van der Waals surface area contributed by atoms with Gasteiger partial charge in [-0.2, -0.15) is 3.89 Å². The Morgan fingerprint density at radius 2 is 2.09 bits per heavy atom. The van der Waals surface area contributed by atoms with Crippen molar-refractivity contribution in [3.05, 3.63) is 79.2 Å². The molecule has 0 fully saturated rings. The molecule has 1 nitrogen and oxygen atoms in total. The topological polar surface area (TPSA) is 3.24 Å². The molecule has 0 unspecified atom stereocenters. The molecule has 0 aromatic heterocycles. The Labute approximate surface area is 136 Å². The summed E-state index contributed by atoms with van der Waals surface area (Å²) in [4.78, 5) is 2.58. The molecule has 1 aliphatic heterocycles. The Bertz CT molecular complexity index is 670. The van der Waals surface area contributed by atoms with Gasteiger partial charge in [-0.15, -0.1) is 0 Å². The van der Waals surface area contributed by atoms with Crippen LogP contribution in [0.25, 0.3) is 11.3 Å². The van der Waals surface area contributed by atoms with E-state index in [2.05, 4.69) is 32.9 Å². The van der Waals surface area contributed by atoms with Crippen LogP contribution in [0.2, 0.25) is 0 Å². The van der Waals surface area contributed by atoms with Crippen molar-refractivity contribution in [3.8, 4) is 0 Å². The first-order valence-corrected chi connectivity index (χ1v) is 7.95. The van der Waals surface area contributed by atoms with Gasteiger partial charge in [0, 0.05) is 28.1 Å². The molecule has 1 aromatic rings. The highest BCUT2D eigenvalue weighted by atomic mass is 32.2. The fraction of sp³-hybridized carbons (Fsp3) is 0.158. The van der Waals surface area contributed by atoms with Gasteiger partial charge in [0.05, 0.1) is 12.1 Å². The van der Waals surface area contributed by atoms with Crippen LogP contribution in [-0.4, -0.2) is 4.90 Å². The summed E-state index contributed by atoms with van der Waals surface area (Å²) in [6, 6.07) is 5.64. The molecule has 0 spiro atoms. The molecule has 0 atom stereocenters. The predicted molar refractivity (Wildman–Crippen MR) is 95.6 cm³/mol. The molecule has 0 amide bonds. The van der Waals surface area contributed by atoms with Crippen LogP contribution in [0, 0.1) is 0 Å². The van der Waals surface area contributed by atoms with Crippen LogP contribution in [0.5, 0.6) is 0 Å². The predicted octanol–water partition coefficient (Wildman–Crippen LogP) is 6.35. The molecule has 1 aliphatic rings. The minimum Gasteiger partial charge on any atom is -0.317 e. The van der Waals surface area contributed by atoms with E-state index in [9.17, 15) is 3.89 Å². The quantitative estimate of drug-likeness (QED) is 0.563. The van der Waals surface area contributed by atoms with Crippen LogP contribution in [0.3, 0.4) is 0 Å². The van der Waals surface area contributed by atoms with E-state index >= 15 is 0 Å². The molecule has 0 saturated carbocycles. The summed E-state index contributed by atoms with van der Waals surface area (Å²) in [6.45, 7) is 13.9. The van der Waals surface area contributed by atoms with Gasteiger partial charge >= 0.3 is 0 Å². The zero-order chi connectivity index (χ0) is 16.1. The van der Waals surface area contributed by atoms with E-state index in [0.717, 1.165) is 35.4 Å². The minimum atomic E-state index is 0.254. The summed E-state index contributed by atoms with van der Waals surface area (Å²) in [5.41, 5.74) is 5.03. The summed E-state index contributed by atoms with van der Waals surface area (Å²) in [6.07, 6.45) is 9.47. The number of allylic oxidation sites excluding steroid dienone is 4. The van der Waals surface area contributed by atoms with Crippen LogP contribution in [0.1, 0.15) is 30.9 Å². The number of halogens is 1. The average molecular weight is 313 g/mol. The number of hydrogen-bond acceptors (Lipinski definition) is 2. The molecular weight excluding hydrogens is 293 g/mol. The van der Waals surface area contributed by atoms with Crippen LogP contribution in [-0.2, 0) is 0 Å². The SMILES string of the molecule is C=C/C=C(\C=C)N1C=C(CCC)c2ccc(SF)cc2C1=C. The zero-order valence-electron chi connectivity index (χ0n) is 12.8. The second-order valence-corrected chi connectivity index (χ2v) is 5.66. The second kappa shape index (κ2) is 7.32. The standard InChI is InChI=1S/C19H20FNS/c1-5-8-15-13-21(16(7-3)9-6-2)14(4)19-12-17(22-20)10-11-18(15)19/h6-7,9-13H,2-5,8H2,1H3/b16-9+. The lowest BCUT2D eigenvalue weighted by Crippen LogP contribution is -2.19. The molecule has 0 bridgehead atoms. The van der Waals surface area contributed by atoms with Crippen molar-refractivity contribution in [2.45, 2.75) is 24.7 Å². The first-order valence-electron chi connectivity index (χ1n) is 7.23. The molecule has 3 heteroatoms. The number of benzene rings is 1. The monoisotopic (exact) mass is 313 g/mol. The van der Waals surface area contributed by atoms with Gasteiger partial charge in [0.1, 0.15) is 0 Å². The first-order chi connectivity index (χ1) is 10.7. The Kier molecular flexibility index (Phi) is 5.45. The maximum atomic E-state index is 12.9. The summed E-state index contributed by atoms with van der Waals surface area (Å²) in [7, 11) is 0. The van der Waals surface area contributed by atoms with E-state index < -0.39 is 0 Å². The normalized spacial score (nSPS) is 14.5. The Morgan fingerprint density at radius 1 is 1.32 bits per heavy atom. The lowest BCUT2D eigenvalue weighted by Gasteiger charge is -2.32. The van der Waals surface area contributed by atoms with Gasteiger partial charge in [-0.25, -0.2) is 0 Å². The molecular formula is C19H20FNS. The fourth-order valence-electron chi connectivity index (χ4n) is 2.59. The Morgan fingerprint density at radius 3 is 2.68 bits per heavy atom. The van der Waals surface area contributed by atoms with E-state index in [4.69, 9.17) is 0 Å². The van der Waals surface area contributed by atoms with Crippen molar-refractivity contribution >= 4 is 23.4 Å². The van der Waals surface area contributed by atoms with Crippen molar-refractivity contribution in [2.24, 2.45) is 0 Å². The highest BCUT2D eigenvalue weighted by molar-refractivity contribution is 7.94. The largest absolute Gasteiger partial charge is 0.317 e. The van der Waals surface area contributed by atoms with E-state index in [1.165, 1.54) is 5.57 Å². The smallest absolute Gasteiger partial charge is 0.0812 e. The summed E-state index contributed by atoms with van der Waals surface area (Å²) >= 11 is 0.254. The molecule has 2 rings (SSSR count). The molecule has 0 radical (unpaired) electrons. The first kappa shape index (κ1) is 16.4. The highest BCUT2D eigenvalue weighted by Gasteiger charge is 2.22. The van der Waals surface area contributed by atoms with Crippen molar-refractivity contribution in [3.63, 3.8) is 0 Å². The lowest BCUT2D eigenvalue weighted by atomic mass is 9.92. The van der Waals surface area contributed by atoms with Crippen molar-refractivity contribution in [1.82, 2.24) is 4.90 Å². The van der Waals surface area contributed by atoms with Gasteiger partial charge in [-0.1, -0.05) is 45.2 Å². The van der Waals surface area contributed by atoms with E-state index in [1.807, 2.05) is 29.2 Å². The average Bonchev–Trinajstić information content (AvgIpc) is 2.55. The van der Waals surface area contributed by atoms with Crippen molar-refractivity contribution in [1.29, 1.82) is 0 Å². The number of fused-ring (bicyclic) bond motifs is 1. The van der Waals surface area contributed by atoms with Gasteiger partial charge in [0.25, 0.3) is 0 Å². The molecule has 22 heavy (non-hydrogen) atoms. The molecule has 0 aliphatic carbocycles. The van der Waals surface area contributed by atoms with Crippen LogP contribution < -0.4 is 0 Å². The van der Waals surface area contributed by atoms with Gasteiger partial charge < -0.3 is 4.90 Å². The molecule has 0 N–H and O–H groups in total. The number of rotatable bonds is 6. The summed E-state index contributed by atoms with van der Waals surface area (Å²) < 4.78 is 12.9. The van der Waals surface area contributed by atoms with Gasteiger partial charge in [-0.3, -0.25) is 0 Å². The van der Waals surface area contributed by atoms with E-state index in [1.54, 1.807) is 12.2 Å². The second-order valence-electron chi connectivity index (χ2n) is 5.04. The van der Waals surface area contributed by atoms with E-state index in [0.29, 0.717) is 4.90 Å². The Hall–Kier alpha value is -2.00. The minimum absolute atomic E-state index is 0.254. The molecule has 1 heterocycles. The number of nitrogens with zero attached hydrogens (tertiary/aromatic N) is 1. The third kappa shape index (κ3) is 3.09. The third-order valence-corrected chi connectivity index (χ3v) is 4.04. The van der Waals surface area contributed by atoms with Crippen LogP contribution >= 0.6 is 12.1 Å². The van der Waals surface area contributed by atoms with Crippen molar-refractivity contribution < 1.29 is 3.89 Å². The van der Waals surface area contributed by atoms with E-state index in [-0.39, 0.29) is 12.1 Å². The number of hydrogen-bond donors (Lipinski definition) is 0. The van der Waals surface area contributed by atoms with Gasteiger partial charge in [-0.05, 0) is 41.8 Å². The molecule has 1 aromatic carbocycles.